The summed E-state index contributed by atoms with van der Waals surface area (Å²) in [6, 6.07) is 20.9. The Hall–Kier alpha value is -3.93. The minimum atomic E-state index is -0.332. The molecule has 3 aromatic rings. The lowest BCUT2D eigenvalue weighted by Gasteiger charge is -2.12. The summed E-state index contributed by atoms with van der Waals surface area (Å²) in [6.45, 7) is 3.25. The van der Waals surface area contributed by atoms with Gasteiger partial charge in [0.05, 0.1) is 0 Å². The van der Waals surface area contributed by atoms with Gasteiger partial charge in [-0.1, -0.05) is 30.3 Å². The smallest absolute Gasteiger partial charge is 0.255 e. The first kappa shape index (κ1) is 19.8. The molecule has 0 radical (unpaired) electrons. The quantitative estimate of drug-likeness (QED) is 0.604. The van der Waals surface area contributed by atoms with Gasteiger partial charge in [0.1, 0.15) is 0 Å². The van der Waals surface area contributed by atoms with Crippen molar-refractivity contribution in [1.82, 2.24) is 0 Å². The Kier molecular flexibility index (Phi) is 6.04. The van der Waals surface area contributed by atoms with Crippen molar-refractivity contribution in [3.8, 4) is 0 Å². The molecule has 3 amide bonds. The molecule has 29 heavy (non-hydrogen) atoms. The van der Waals surface area contributed by atoms with Gasteiger partial charge >= 0.3 is 0 Å². The van der Waals surface area contributed by atoms with E-state index in [0.717, 1.165) is 5.56 Å². The van der Waals surface area contributed by atoms with Crippen LogP contribution in [-0.4, -0.2) is 17.7 Å². The van der Waals surface area contributed by atoms with Gasteiger partial charge in [0.15, 0.2) is 0 Å². The molecule has 0 aliphatic carbocycles. The Bertz CT molecular complexity index is 1060. The molecule has 0 aromatic heterocycles. The van der Waals surface area contributed by atoms with Crippen molar-refractivity contribution in [3.05, 3.63) is 89.5 Å². The van der Waals surface area contributed by atoms with Crippen molar-refractivity contribution >= 4 is 34.8 Å². The number of nitrogens with one attached hydrogen (secondary N) is 3. The normalized spacial score (nSPS) is 10.1. The highest BCUT2D eigenvalue weighted by Crippen LogP contribution is 2.20. The maximum absolute atomic E-state index is 12.7. The zero-order chi connectivity index (χ0) is 20.8. The van der Waals surface area contributed by atoms with Crippen molar-refractivity contribution < 1.29 is 14.4 Å². The van der Waals surface area contributed by atoms with Gasteiger partial charge in [0, 0.05) is 35.1 Å². The van der Waals surface area contributed by atoms with E-state index >= 15 is 0 Å². The third kappa shape index (κ3) is 5.29. The summed E-state index contributed by atoms with van der Waals surface area (Å²) in [6.07, 6.45) is 0. The summed E-state index contributed by atoms with van der Waals surface area (Å²) in [5, 5.41) is 8.31. The second kappa shape index (κ2) is 8.84. The van der Waals surface area contributed by atoms with Gasteiger partial charge in [0.2, 0.25) is 5.91 Å². The lowest BCUT2D eigenvalue weighted by molar-refractivity contribution is -0.114. The predicted molar refractivity (Wildman–Crippen MR) is 114 cm³/mol. The number of carbonyl (C=O) groups is 3. The molecule has 0 aliphatic rings. The molecule has 0 saturated carbocycles. The molecule has 3 aromatic carbocycles. The molecule has 0 aliphatic heterocycles. The second-order valence-electron chi connectivity index (χ2n) is 6.57. The number of para-hydroxylation sites is 1. The first-order chi connectivity index (χ1) is 13.9. The molecule has 3 rings (SSSR count). The summed E-state index contributed by atoms with van der Waals surface area (Å²) >= 11 is 0. The van der Waals surface area contributed by atoms with Crippen LogP contribution in [0.3, 0.4) is 0 Å². The monoisotopic (exact) mass is 387 g/mol. The van der Waals surface area contributed by atoms with Crippen LogP contribution in [0.5, 0.6) is 0 Å². The van der Waals surface area contributed by atoms with Crippen molar-refractivity contribution in [2.24, 2.45) is 0 Å². The largest absolute Gasteiger partial charge is 0.326 e. The van der Waals surface area contributed by atoms with Crippen LogP contribution in [0.1, 0.15) is 33.2 Å². The summed E-state index contributed by atoms with van der Waals surface area (Å²) in [7, 11) is 0. The van der Waals surface area contributed by atoms with Crippen LogP contribution in [-0.2, 0) is 4.79 Å². The fraction of sp³-hybridized carbons (Fsp3) is 0.0870. The number of hydrogen-bond acceptors (Lipinski definition) is 3. The number of rotatable bonds is 5. The lowest BCUT2D eigenvalue weighted by atomic mass is 10.1. The maximum atomic E-state index is 12.7. The van der Waals surface area contributed by atoms with Gasteiger partial charge in [-0.15, -0.1) is 0 Å². The van der Waals surface area contributed by atoms with Crippen molar-refractivity contribution in [2.45, 2.75) is 13.8 Å². The first-order valence-corrected chi connectivity index (χ1v) is 9.08. The summed E-state index contributed by atoms with van der Waals surface area (Å²) in [5.74, 6) is -0.809. The van der Waals surface area contributed by atoms with E-state index in [9.17, 15) is 14.4 Å². The van der Waals surface area contributed by atoms with Gasteiger partial charge in [0.25, 0.3) is 11.8 Å². The molecular formula is C23H21N3O3. The van der Waals surface area contributed by atoms with E-state index in [2.05, 4.69) is 16.0 Å². The molecule has 6 nitrogen and oxygen atoms in total. The molecule has 0 unspecified atom stereocenters. The average Bonchev–Trinajstić information content (AvgIpc) is 2.70. The Balaban J connectivity index is 1.77. The Morgan fingerprint density at radius 3 is 2.03 bits per heavy atom. The second-order valence-corrected chi connectivity index (χ2v) is 6.57. The number of benzene rings is 3. The van der Waals surface area contributed by atoms with Crippen molar-refractivity contribution in [1.29, 1.82) is 0 Å². The van der Waals surface area contributed by atoms with E-state index in [1.807, 2.05) is 25.1 Å². The van der Waals surface area contributed by atoms with Gasteiger partial charge in [-0.3, -0.25) is 14.4 Å². The van der Waals surface area contributed by atoms with Crippen LogP contribution in [0.4, 0.5) is 17.1 Å². The van der Waals surface area contributed by atoms with E-state index in [1.165, 1.54) is 6.92 Å². The Labute approximate surface area is 169 Å². The Morgan fingerprint density at radius 2 is 1.31 bits per heavy atom. The molecule has 3 N–H and O–H groups in total. The maximum Gasteiger partial charge on any atom is 0.255 e. The molecule has 0 fully saturated rings. The van der Waals surface area contributed by atoms with E-state index in [0.29, 0.717) is 28.2 Å². The predicted octanol–water partition coefficient (Wildman–Crippen LogP) is 4.46. The van der Waals surface area contributed by atoms with Crippen LogP contribution < -0.4 is 16.0 Å². The average molecular weight is 387 g/mol. The van der Waals surface area contributed by atoms with Gasteiger partial charge in [-0.25, -0.2) is 0 Å². The van der Waals surface area contributed by atoms with Crippen LogP contribution in [0.2, 0.25) is 0 Å². The first-order valence-electron chi connectivity index (χ1n) is 9.08. The number of aryl methyl sites for hydroxylation is 1. The summed E-state index contributed by atoms with van der Waals surface area (Å²) in [5.41, 5.74) is 3.43. The zero-order valence-electron chi connectivity index (χ0n) is 16.2. The third-order valence-electron chi connectivity index (χ3n) is 4.22. The lowest BCUT2D eigenvalue weighted by Crippen LogP contribution is -2.16. The highest BCUT2D eigenvalue weighted by atomic mass is 16.2. The van der Waals surface area contributed by atoms with E-state index in [-0.39, 0.29) is 17.7 Å². The van der Waals surface area contributed by atoms with Crippen LogP contribution in [0.25, 0.3) is 0 Å². The van der Waals surface area contributed by atoms with Gasteiger partial charge < -0.3 is 16.0 Å². The molecule has 6 heteroatoms. The van der Waals surface area contributed by atoms with Crippen molar-refractivity contribution in [3.63, 3.8) is 0 Å². The standard InChI is InChI=1S/C23H21N3O3/c1-15-11-12-18(22(28)25-19-8-4-3-5-9-19)14-21(15)26-23(29)17-7-6-10-20(13-17)24-16(2)27/h3-14H,1-2H3,(H,24,27)(H,25,28)(H,26,29). The minimum absolute atomic E-state index is 0.212. The summed E-state index contributed by atoms with van der Waals surface area (Å²) in [4.78, 5) is 36.4. The topological polar surface area (TPSA) is 87.3 Å². The Morgan fingerprint density at radius 1 is 0.655 bits per heavy atom. The van der Waals surface area contributed by atoms with Crippen LogP contribution in [0, 0.1) is 6.92 Å². The third-order valence-corrected chi connectivity index (χ3v) is 4.22. The molecule has 0 bridgehead atoms. The molecule has 0 spiro atoms. The molecule has 0 saturated heterocycles. The number of amides is 3. The van der Waals surface area contributed by atoms with Gasteiger partial charge in [-0.05, 0) is 55.0 Å². The molecular weight excluding hydrogens is 366 g/mol. The number of anilines is 3. The van der Waals surface area contributed by atoms with E-state index in [4.69, 9.17) is 0 Å². The summed E-state index contributed by atoms with van der Waals surface area (Å²) < 4.78 is 0. The van der Waals surface area contributed by atoms with Gasteiger partial charge in [-0.2, -0.15) is 0 Å². The van der Waals surface area contributed by atoms with Crippen molar-refractivity contribution in [2.75, 3.05) is 16.0 Å². The highest BCUT2D eigenvalue weighted by Gasteiger charge is 2.12. The number of hydrogen-bond donors (Lipinski definition) is 3. The zero-order valence-corrected chi connectivity index (χ0v) is 16.2. The van der Waals surface area contributed by atoms with E-state index in [1.54, 1.807) is 54.6 Å². The minimum Gasteiger partial charge on any atom is -0.326 e. The van der Waals surface area contributed by atoms with E-state index < -0.39 is 0 Å². The highest BCUT2D eigenvalue weighted by molar-refractivity contribution is 6.08. The fourth-order valence-corrected chi connectivity index (χ4v) is 2.76. The molecule has 146 valence electrons. The molecule has 0 atom stereocenters. The fourth-order valence-electron chi connectivity index (χ4n) is 2.76. The van der Waals surface area contributed by atoms with Crippen LogP contribution >= 0.6 is 0 Å². The van der Waals surface area contributed by atoms with Crippen LogP contribution in [0.15, 0.2) is 72.8 Å². The molecule has 0 heterocycles. The SMILES string of the molecule is CC(=O)Nc1cccc(C(=O)Nc2cc(C(=O)Nc3ccccc3)ccc2C)c1. The number of carbonyl (C=O) groups excluding carboxylic acids is 3.